The van der Waals surface area contributed by atoms with E-state index in [1.807, 2.05) is 0 Å². The summed E-state index contributed by atoms with van der Waals surface area (Å²) in [6, 6.07) is 35.2. The van der Waals surface area contributed by atoms with E-state index in [4.69, 9.17) is 4.99 Å². The molecule has 0 radical (unpaired) electrons. The fourth-order valence-corrected chi connectivity index (χ4v) is 8.62. The number of para-hydroxylation sites is 1. The molecular weight excluding hydrogens is 611 g/mol. The quantitative estimate of drug-likeness (QED) is 0.199. The van der Waals surface area contributed by atoms with E-state index in [9.17, 15) is 0 Å². The van der Waals surface area contributed by atoms with Crippen LogP contribution in [0.15, 0.2) is 169 Å². The smallest absolute Gasteiger partial charge is 0.131 e. The molecule has 3 aliphatic carbocycles. The molecule has 0 spiro atoms. The van der Waals surface area contributed by atoms with Crippen LogP contribution in [0.25, 0.3) is 27.5 Å². The van der Waals surface area contributed by atoms with Gasteiger partial charge in [-0.15, -0.1) is 0 Å². The lowest BCUT2D eigenvalue weighted by Crippen LogP contribution is -2.55. The molecule has 2 N–H and O–H groups in total. The summed E-state index contributed by atoms with van der Waals surface area (Å²) in [5.41, 5.74) is 10.1. The third kappa shape index (κ3) is 4.84. The van der Waals surface area contributed by atoms with Crippen molar-refractivity contribution in [1.29, 1.82) is 0 Å². The number of anilines is 1. The Labute approximate surface area is 293 Å². The highest BCUT2D eigenvalue weighted by Gasteiger charge is 2.41. The molecule has 0 saturated carbocycles. The Hall–Kier alpha value is -5.65. The van der Waals surface area contributed by atoms with E-state index in [-0.39, 0.29) is 24.3 Å². The molecule has 1 aromatic heterocycles. The number of fused-ring (bicyclic) bond motifs is 6. The minimum absolute atomic E-state index is 0.00237. The number of nitrogens with one attached hydrogen (secondary N) is 2. The molecule has 5 nitrogen and oxygen atoms in total. The van der Waals surface area contributed by atoms with Crippen molar-refractivity contribution in [2.24, 2.45) is 10.9 Å². The number of allylic oxidation sites excluding steroid dienone is 9. The van der Waals surface area contributed by atoms with Crippen LogP contribution in [0, 0.1) is 5.92 Å². The molecule has 244 valence electrons. The molecule has 5 heteroatoms. The van der Waals surface area contributed by atoms with E-state index in [2.05, 4.69) is 178 Å². The zero-order valence-electron chi connectivity index (χ0n) is 27.9. The fourth-order valence-electron chi connectivity index (χ4n) is 8.62. The minimum Gasteiger partial charge on any atom is -0.354 e. The van der Waals surface area contributed by atoms with Gasteiger partial charge in [0.1, 0.15) is 12.0 Å². The van der Waals surface area contributed by atoms with E-state index in [0.29, 0.717) is 5.92 Å². The first-order chi connectivity index (χ1) is 24.8. The largest absolute Gasteiger partial charge is 0.354 e. The molecule has 5 atom stereocenters. The van der Waals surface area contributed by atoms with Gasteiger partial charge < -0.3 is 14.8 Å². The van der Waals surface area contributed by atoms with Gasteiger partial charge in [0, 0.05) is 45.3 Å². The number of hydrogen-bond donors (Lipinski definition) is 2. The van der Waals surface area contributed by atoms with Crippen LogP contribution in [0.5, 0.6) is 0 Å². The van der Waals surface area contributed by atoms with Gasteiger partial charge >= 0.3 is 0 Å². The number of nitrogens with zero attached hydrogens (tertiary/aromatic N) is 3. The van der Waals surface area contributed by atoms with Crippen LogP contribution in [-0.2, 0) is 0 Å². The van der Waals surface area contributed by atoms with E-state index in [1.54, 1.807) is 0 Å². The van der Waals surface area contributed by atoms with Gasteiger partial charge in [0.2, 0.25) is 0 Å². The summed E-state index contributed by atoms with van der Waals surface area (Å²) in [5, 5.41) is 10.3. The molecule has 5 unspecified atom stereocenters. The summed E-state index contributed by atoms with van der Waals surface area (Å²) in [5.74, 6) is 1.44. The fraction of sp³-hybridized carbons (Fsp3) is 0.178. The summed E-state index contributed by atoms with van der Waals surface area (Å²) in [4.78, 5) is 7.79. The highest BCUT2D eigenvalue weighted by Crippen LogP contribution is 2.50. The molecule has 4 aromatic carbocycles. The monoisotopic (exact) mass is 649 g/mol. The van der Waals surface area contributed by atoms with Crippen molar-refractivity contribution in [3.63, 3.8) is 0 Å². The maximum Gasteiger partial charge on any atom is 0.131 e. The minimum atomic E-state index is -0.137. The predicted molar refractivity (Wildman–Crippen MR) is 207 cm³/mol. The summed E-state index contributed by atoms with van der Waals surface area (Å²) >= 11 is 0. The van der Waals surface area contributed by atoms with Gasteiger partial charge in [-0.1, -0.05) is 127 Å². The topological polar surface area (TPSA) is 44.6 Å². The van der Waals surface area contributed by atoms with Crippen LogP contribution in [0.3, 0.4) is 0 Å². The van der Waals surface area contributed by atoms with Gasteiger partial charge in [-0.2, -0.15) is 0 Å². The van der Waals surface area contributed by atoms with Crippen LogP contribution < -0.4 is 15.5 Å². The van der Waals surface area contributed by atoms with Gasteiger partial charge in [-0.05, 0) is 60.7 Å². The molecule has 0 fully saturated rings. The number of aliphatic imine (C=N–C) groups is 1. The second kappa shape index (κ2) is 12.0. The van der Waals surface area contributed by atoms with E-state index in [0.717, 1.165) is 30.7 Å². The molecule has 2 aliphatic heterocycles. The zero-order chi connectivity index (χ0) is 33.0. The van der Waals surface area contributed by atoms with Crippen molar-refractivity contribution < 1.29 is 0 Å². The van der Waals surface area contributed by atoms with E-state index >= 15 is 0 Å². The summed E-state index contributed by atoms with van der Waals surface area (Å²) in [6.07, 6.45) is 26.1. The number of benzene rings is 4. The van der Waals surface area contributed by atoms with Crippen LogP contribution in [0.4, 0.5) is 5.69 Å². The average Bonchev–Trinajstić information content (AvgIpc) is 3.70. The zero-order valence-corrected chi connectivity index (χ0v) is 27.9. The van der Waals surface area contributed by atoms with Gasteiger partial charge in [0.25, 0.3) is 0 Å². The molecule has 0 saturated heterocycles. The van der Waals surface area contributed by atoms with Gasteiger partial charge in [-0.3, -0.25) is 5.32 Å². The molecular formula is C45H39N5. The Morgan fingerprint density at radius 3 is 2.42 bits per heavy atom. The number of hydrogen-bond acceptors (Lipinski definition) is 4. The Morgan fingerprint density at radius 1 is 0.740 bits per heavy atom. The standard InChI is InChI=1S/C45H39N5/c1-4-15-30(16-5-1)43-46-44(31-17-6-2-7-18-31)48-45(47-43)32-19-14-22-34(27-32)50-40-26-13-11-24-36(40)38-28-37-35-23-10-12-25-39(35)49(41(37)29-42(38)50)33-20-8-3-9-21-33/h1-2,4-8,10-26,28-29,32,36,40,43,45,47H,3,9,27H2,(H,46,48). The Kier molecular flexibility index (Phi) is 7.05. The molecule has 5 aromatic rings. The lowest BCUT2D eigenvalue weighted by molar-refractivity contribution is 0.323. The lowest BCUT2D eigenvalue weighted by Gasteiger charge is -2.39. The normalized spacial score (nSPS) is 25.2. The van der Waals surface area contributed by atoms with Crippen molar-refractivity contribution in [3.8, 4) is 0 Å². The van der Waals surface area contributed by atoms with Crippen LogP contribution >= 0.6 is 0 Å². The molecule has 0 bridgehead atoms. The Bertz CT molecular complexity index is 2330. The Morgan fingerprint density at radius 2 is 1.56 bits per heavy atom. The SMILES string of the molecule is C1=CC(C2NC(c3ccccc3)=NC(c3ccccc3)N2)CC(N2c3cc4c(cc3C3C=CC=CC32)c2ccccc2n4C2=CCCC=C2)=C1. The van der Waals surface area contributed by atoms with Gasteiger partial charge in [0.15, 0.2) is 0 Å². The summed E-state index contributed by atoms with van der Waals surface area (Å²) < 4.78 is 2.48. The maximum absolute atomic E-state index is 5.16. The van der Waals surface area contributed by atoms with Crippen molar-refractivity contribution in [2.45, 2.75) is 43.6 Å². The summed E-state index contributed by atoms with van der Waals surface area (Å²) in [6.45, 7) is 0. The van der Waals surface area contributed by atoms with Crippen molar-refractivity contribution in [3.05, 3.63) is 180 Å². The van der Waals surface area contributed by atoms with Crippen molar-refractivity contribution >= 4 is 39.0 Å². The summed E-state index contributed by atoms with van der Waals surface area (Å²) in [7, 11) is 0. The number of aromatic nitrogens is 1. The molecule has 3 heterocycles. The van der Waals surface area contributed by atoms with Crippen LogP contribution in [0.2, 0.25) is 0 Å². The van der Waals surface area contributed by atoms with Gasteiger partial charge in [-0.25, -0.2) is 4.99 Å². The van der Waals surface area contributed by atoms with Gasteiger partial charge in [0.05, 0.1) is 23.2 Å². The lowest BCUT2D eigenvalue weighted by atomic mass is 9.89. The predicted octanol–water partition coefficient (Wildman–Crippen LogP) is 9.51. The first kappa shape index (κ1) is 29.3. The highest BCUT2D eigenvalue weighted by molar-refractivity contribution is 6.12. The molecule has 50 heavy (non-hydrogen) atoms. The first-order valence-corrected chi connectivity index (χ1v) is 18.0. The average molecular weight is 650 g/mol. The molecule has 0 amide bonds. The highest BCUT2D eigenvalue weighted by atomic mass is 15.3. The van der Waals surface area contributed by atoms with Crippen molar-refractivity contribution in [2.75, 3.05) is 4.90 Å². The number of rotatable bonds is 5. The van der Waals surface area contributed by atoms with E-state index < -0.39 is 0 Å². The second-order valence-corrected chi connectivity index (χ2v) is 13.9. The third-order valence-electron chi connectivity index (χ3n) is 11.0. The second-order valence-electron chi connectivity index (χ2n) is 13.9. The van der Waals surface area contributed by atoms with Crippen LogP contribution in [-0.4, -0.2) is 22.6 Å². The number of amidine groups is 1. The van der Waals surface area contributed by atoms with Crippen molar-refractivity contribution in [1.82, 2.24) is 15.2 Å². The third-order valence-corrected chi connectivity index (χ3v) is 11.0. The van der Waals surface area contributed by atoms with Crippen LogP contribution in [0.1, 0.15) is 48.0 Å². The van der Waals surface area contributed by atoms with E-state index in [1.165, 1.54) is 50.0 Å². The Balaban J connectivity index is 1.04. The molecule has 5 aliphatic rings. The first-order valence-electron chi connectivity index (χ1n) is 18.0. The molecule has 10 rings (SSSR count). The maximum atomic E-state index is 5.16.